The van der Waals surface area contributed by atoms with E-state index < -0.39 is 16.6 Å². The topological polar surface area (TPSA) is 117 Å². The number of ether oxygens (including phenoxy) is 1. The van der Waals surface area contributed by atoms with Crippen LogP contribution >= 0.6 is 0 Å². The number of aryl methyl sites for hydroxylation is 2. The van der Waals surface area contributed by atoms with Gasteiger partial charge in [0.25, 0.3) is 11.6 Å². The second kappa shape index (κ2) is 7.91. The third-order valence-electron chi connectivity index (χ3n) is 3.45. The van der Waals surface area contributed by atoms with Gasteiger partial charge in [-0.2, -0.15) is 5.10 Å². The molecule has 2 aromatic rings. The summed E-state index contributed by atoms with van der Waals surface area (Å²) < 4.78 is 5.34. The molecule has 8 nitrogen and oxygen atoms in total. The largest absolute Gasteiger partial charge is 0.872 e. The lowest BCUT2D eigenvalue weighted by Gasteiger charge is -2.09. The summed E-state index contributed by atoms with van der Waals surface area (Å²) in [5.41, 5.74) is 4.14. The molecule has 0 bridgehead atoms. The third kappa shape index (κ3) is 5.03. The number of rotatable bonds is 6. The fraction of sp³-hybridized carbons (Fsp3) is 0.176. The van der Waals surface area contributed by atoms with Crippen molar-refractivity contribution in [3.05, 3.63) is 63.2 Å². The first kappa shape index (κ1) is 17.9. The van der Waals surface area contributed by atoms with E-state index in [9.17, 15) is 20.0 Å². The van der Waals surface area contributed by atoms with Crippen LogP contribution in [0.1, 0.15) is 16.7 Å². The number of nitro benzene ring substituents is 1. The van der Waals surface area contributed by atoms with Crippen LogP contribution in [0.15, 0.2) is 41.5 Å². The first-order valence-electron chi connectivity index (χ1n) is 7.34. The van der Waals surface area contributed by atoms with E-state index in [0.29, 0.717) is 5.75 Å². The summed E-state index contributed by atoms with van der Waals surface area (Å²) >= 11 is 0. The molecule has 0 spiro atoms. The van der Waals surface area contributed by atoms with E-state index in [2.05, 4.69) is 10.5 Å². The summed E-state index contributed by atoms with van der Waals surface area (Å²) in [5, 5.41) is 25.9. The normalized spacial score (nSPS) is 10.6. The van der Waals surface area contributed by atoms with Crippen LogP contribution in [-0.4, -0.2) is 23.7 Å². The van der Waals surface area contributed by atoms with Gasteiger partial charge in [-0.3, -0.25) is 14.9 Å². The van der Waals surface area contributed by atoms with Crippen molar-refractivity contribution in [1.29, 1.82) is 0 Å². The van der Waals surface area contributed by atoms with E-state index in [-0.39, 0.29) is 17.9 Å². The molecule has 0 saturated carbocycles. The Bertz CT molecular complexity index is 833. The molecule has 0 aliphatic rings. The molecule has 25 heavy (non-hydrogen) atoms. The summed E-state index contributed by atoms with van der Waals surface area (Å²) in [7, 11) is 0. The van der Waals surface area contributed by atoms with Gasteiger partial charge in [0.1, 0.15) is 5.75 Å². The average molecular weight is 342 g/mol. The van der Waals surface area contributed by atoms with Crippen molar-refractivity contribution in [1.82, 2.24) is 5.43 Å². The molecule has 0 radical (unpaired) electrons. The van der Waals surface area contributed by atoms with Crippen molar-refractivity contribution in [3.63, 3.8) is 0 Å². The van der Waals surface area contributed by atoms with Crippen LogP contribution in [0.25, 0.3) is 0 Å². The summed E-state index contributed by atoms with van der Waals surface area (Å²) in [4.78, 5) is 21.7. The number of hydrazone groups is 1. The van der Waals surface area contributed by atoms with Crippen LogP contribution in [0.4, 0.5) is 5.69 Å². The van der Waals surface area contributed by atoms with Crippen LogP contribution < -0.4 is 15.3 Å². The Balaban J connectivity index is 1.91. The van der Waals surface area contributed by atoms with E-state index in [4.69, 9.17) is 4.74 Å². The molecule has 1 amide bonds. The van der Waals surface area contributed by atoms with Crippen molar-refractivity contribution < 1.29 is 19.6 Å². The van der Waals surface area contributed by atoms with E-state index in [1.54, 1.807) is 6.07 Å². The standard InChI is InChI=1S/C17H17N3O5/c1-11-3-5-15(7-12(11)2)25-10-17(22)19-18-9-13-8-14(20(23)24)4-6-16(13)21/h3-9,21H,10H2,1-2H3,(H,19,22)/p-1/b18-9-. The van der Waals surface area contributed by atoms with E-state index in [1.165, 1.54) is 0 Å². The van der Waals surface area contributed by atoms with Gasteiger partial charge in [-0.15, -0.1) is 0 Å². The number of nitrogens with one attached hydrogen (secondary N) is 1. The minimum atomic E-state index is -0.618. The molecule has 1 N–H and O–H groups in total. The number of nitro groups is 1. The van der Waals surface area contributed by atoms with Crippen LogP contribution in [0, 0.1) is 24.0 Å². The lowest BCUT2D eigenvalue weighted by molar-refractivity contribution is -0.385. The molecular formula is C17H16N3O5-. The zero-order valence-corrected chi connectivity index (χ0v) is 13.7. The second-order valence-corrected chi connectivity index (χ2v) is 5.31. The van der Waals surface area contributed by atoms with Crippen LogP contribution in [-0.2, 0) is 4.79 Å². The van der Waals surface area contributed by atoms with Gasteiger partial charge in [-0.25, -0.2) is 5.43 Å². The molecule has 0 aromatic heterocycles. The fourth-order valence-electron chi connectivity index (χ4n) is 1.91. The van der Waals surface area contributed by atoms with Crippen LogP contribution in [0.3, 0.4) is 0 Å². The number of carbonyl (C=O) groups is 1. The highest BCUT2D eigenvalue weighted by Crippen LogP contribution is 2.19. The number of benzene rings is 2. The van der Waals surface area contributed by atoms with Gasteiger partial charge in [0.05, 0.1) is 11.1 Å². The number of hydrogen-bond donors (Lipinski definition) is 1. The number of carbonyl (C=O) groups excluding carboxylic acids is 1. The van der Waals surface area contributed by atoms with Crippen molar-refractivity contribution in [2.45, 2.75) is 13.8 Å². The molecule has 0 fully saturated rings. The SMILES string of the molecule is Cc1ccc(OCC(=O)N/N=C\c2cc([N+](=O)[O-])ccc2[O-])cc1C. The molecule has 2 rings (SSSR count). The Morgan fingerprint density at radius 2 is 2.00 bits per heavy atom. The van der Waals surface area contributed by atoms with Crippen molar-refractivity contribution in [2.24, 2.45) is 5.10 Å². The van der Waals surface area contributed by atoms with Gasteiger partial charge in [-0.05, 0) is 42.7 Å². The van der Waals surface area contributed by atoms with Gasteiger partial charge >= 0.3 is 0 Å². The summed E-state index contributed by atoms with van der Waals surface area (Å²) in [6, 6.07) is 8.73. The highest BCUT2D eigenvalue weighted by Gasteiger charge is 2.06. The Morgan fingerprint density at radius 1 is 1.24 bits per heavy atom. The summed E-state index contributed by atoms with van der Waals surface area (Å²) in [6.45, 7) is 3.66. The van der Waals surface area contributed by atoms with Crippen molar-refractivity contribution in [3.8, 4) is 11.5 Å². The molecule has 0 aliphatic carbocycles. The van der Waals surface area contributed by atoms with Gasteiger partial charge in [0.15, 0.2) is 6.61 Å². The maximum absolute atomic E-state index is 11.7. The maximum atomic E-state index is 11.7. The Morgan fingerprint density at radius 3 is 2.68 bits per heavy atom. The molecule has 0 heterocycles. The number of nitrogens with zero attached hydrogens (tertiary/aromatic N) is 2. The minimum Gasteiger partial charge on any atom is -0.872 e. The first-order valence-corrected chi connectivity index (χ1v) is 7.34. The summed E-state index contributed by atoms with van der Waals surface area (Å²) in [6.07, 6.45) is 1.06. The van der Waals surface area contributed by atoms with Crippen LogP contribution in [0.5, 0.6) is 11.5 Å². The van der Waals surface area contributed by atoms with Crippen molar-refractivity contribution in [2.75, 3.05) is 6.61 Å². The number of hydrogen-bond acceptors (Lipinski definition) is 6. The average Bonchev–Trinajstić information content (AvgIpc) is 2.57. The summed E-state index contributed by atoms with van der Waals surface area (Å²) in [5.74, 6) is -0.398. The lowest BCUT2D eigenvalue weighted by atomic mass is 10.1. The zero-order valence-electron chi connectivity index (χ0n) is 13.7. The molecule has 130 valence electrons. The Kier molecular flexibility index (Phi) is 5.67. The highest BCUT2D eigenvalue weighted by molar-refractivity contribution is 5.86. The lowest BCUT2D eigenvalue weighted by Crippen LogP contribution is -2.24. The third-order valence-corrected chi connectivity index (χ3v) is 3.45. The predicted molar refractivity (Wildman–Crippen MR) is 89.7 cm³/mol. The van der Waals surface area contributed by atoms with Crippen LogP contribution in [0.2, 0.25) is 0 Å². The quantitative estimate of drug-likeness (QED) is 0.488. The van der Waals surface area contributed by atoms with E-state index in [1.807, 2.05) is 26.0 Å². The monoisotopic (exact) mass is 342 g/mol. The molecule has 2 aromatic carbocycles. The fourth-order valence-corrected chi connectivity index (χ4v) is 1.91. The molecule has 0 saturated heterocycles. The maximum Gasteiger partial charge on any atom is 0.277 e. The Labute approximate surface area is 143 Å². The highest BCUT2D eigenvalue weighted by atomic mass is 16.6. The van der Waals surface area contributed by atoms with Gasteiger partial charge in [0, 0.05) is 12.1 Å². The molecule has 8 heteroatoms. The minimum absolute atomic E-state index is 0.00424. The molecule has 0 unspecified atom stereocenters. The second-order valence-electron chi connectivity index (χ2n) is 5.31. The first-order chi connectivity index (χ1) is 11.9. The number of amides is 1. The van der Waals surface area contributed by atoms with E-state index in [0.717, 1.165) is 35.5 Å². The van der Waals surface area contributed by atoms with Gasteiger partial charge in [-0.1, -0.05) is 17.9 Å². The smallest absolute Gasteiger partial charge is 0.277 e. The molecule has 0 aliphatic heterocycles. The Hall–Kier alpha value is -3.42. The van der Waals surface area contributed by atoms with Gasteiger partial charge in [0.2, 0.25) is 0 Å². The predicted octanol–water partition coefficient (Wildman–Crippen LogP) is 1.81. The molecular weight excluding hydrogens is 326 g/mol. The van der Waals surface area contributed by atoms with Gasteiger partial charge < -0.3 is 9.84 Å². The zero-order chi connectivity index (χ0) is 18.4. The number of non-ortho nitro benzene ring substituents is 1. The molecule has 0 atom stereocenters. The van der Waals surface area contributed by atoms with Crippen molar-refractivity contribution >= 4 is 17.8 Å². The van der Waals surface area contributed by atoms with E-state index >= 15 is 0 Å².